The standard InChI is InChI=1S/C11H23NO2S/c1-7(2)11(12)10(6-13)15-9-4-5-14-8(9)3/h7-11,13H,4-6,12H2,1-3H3. The van der Waals surface area contributed by atoms with Crippen LogP contribution >= 0.6 is 11.8 Å². The molecule has 4 heteroatoms. The minimum atomic E-state index is 0.0628. The van der Waals surface area contributed by atoms with Crippen LogP contribution in [0.5, 0.6) is 0 Å². The number of aliphatic hydroxyl groups is 1. The van der Waals surface area contributed by atoms with Gasteiger partial charge in [-0.25, -0.2) is 0 Å². The van der Waals surface area contributed by atoms with Crippen molar-refractivity contribution < 1.29 is 9.84 Å². The minimum Gasteiger partial charge on any atom is -0.395 e. The van der Waals surface area contributed by atoms with Gasteiger partial charge in [-0.1, -0.05) is 13.8 Å². The summed E-state index contributed by atoms with van der Waals surface area (Å²) >= 11 is 1.80. The quantitative estimate of drug-likeness (QED) is 0.750. The summed E-state index contributed by atoms with van der Waals surface area (Å²) in [5, 5.41) is 9.98. The third-order valence-electron chi connectivity index (χ3n) is 3.04. The normalized spacial score (nSPS) is 30.8. The molecule has 90 valence electrons. The Labute approximate surface area is 96.8 Å². The number of ether oxygens (including phenoxy) is 1. The van der Waals surface area contributed by atoms with E-state index in [1.165, 1.54) is 0 Å². The third-order valence-corrected chi connectivity index (χ3v) is 4.82. The summed E-state index contributed by atoms with van der Waals surface area (Å²) in [5.41, 5.74) is 6.07. The Balaban J connectivity index is 2.45. The first-order valence-corrected chi connectivity index (χ1v) is 6.64. The second kappa shape index (κ2) is 6.09. The molecule has 0 spiro atoms. The van der Waals surface area contributed by atoms with Crippen LogP contribution in [0.4, 0.5) is 0 Å². The van der Waals surface area contributed by atoms with Crippen LogP contribution in [0.15, 0.2) is 0 Å². The van der Waals surface area contributed by atoms with Crippen LogP contribution in [0.25, 0.3) is 0 Å². The molecule has 0 bridgehead atoms. The lowest BCUT2D eigenvalue weighted by molar-refractivity contribution is 0.127. The van der Waals surface area contributed by atoms with Gasteiger partial charge in [-0.2, -0.15) is 0 Å². The zero-order chi connectivity index (χ0) is 11.4. The van der Waals surface area contributed by atoms with Crippen molar-refractivity contribution in [2.45, 2.75) is 49.8 Å². The topological polar surface area (TPSA) is 55.5 Å². The van der Waals surface area contributed by atoms with Crippen molar-refractivity contribution in [1.29, 1.82) is 0 Å². The molecular weight excluding hydrogens is 210 g/mol. The van der Waals surface area contributed by atoms with E-state index in [0.717, 1.165) is 13.0 Å². The summed E-state index contributed by atoms with van der Waals surface area (Å²) in [6.07, 6.45) is 1.37. The average molecular weight is 233 g/mol. The molecule has 1 fully saturated rings. The van der Waals surface area contributed by atoms with Gasteiger partial charge in [0.05, 0.1) is 12.7 Å². The Kier molecular flexibility index (Phi) is 5.39. The van der Waals surface area contributed by atoms with E-state index in [-0.39, 0.29) is 17.9 Å². The van der Waals surface area contributed by atoms with Crippen molar-refractivity contribution in [3.8, 4) is 0 Å². The number of hydrogen-bond acceptors (Lipinski definition) is 4. The lowest BCUT2D eigenvalue weighted by Crippen LogP contribution is -2.41. The van der Waals surface area contributed by atoms with Crippen molar-refractivity contribution in [2.75, 3.05) is 13.2 Å². The molecule has 4 unspecified atom stereocenters. The molecular formula is C11H23NO2S. The molecule has 3 nitrogen and oxygen atoms in total. The Hall–Kier alpha value is 0.230. The van der Waals surface area contributed by atoms with Crippen LogP contribution in [-0.2, 0) is 4.74 Å². The zero-order valence-electron chi connectivity index (χ0n) is 9.85. The maximum atomic E-state index is 9.35. The predicted octanol–water partition coefficient (Wildman–Crippen LogP) is 1.24. The molecule has 0 amide bonds. The third kappa shape index (κ3) is 3.63. The van der Waals surface area contributed by atoms with E-state index in [2.05, 4.69) is 20.8 Å². The fraction of sp³-hybridized carbons (Fsp3) is 1.00. The minimum absolute atomic E-state index is 0.0628. The van der Waals surface area contributed by atoms with E-state index in [1.54, 1.807) is 11.8 Å². The van der Waals surface area contributed by atoms with Crippen LogP contribution in [0, 0.1) is 5.92 Å². The Morgan fingerprint density at radius 1 is 1.53 bits per heavy atom. The van der Waals surface area contributed by atoms with Gasteiger partial charge in [0.1, 0.15) is 0 Å². The van der Waals surface area contributed by atoms with Gasteiger partial charge in [-0.15, -0.1) is 11.8 Å². The van der Waals surface area contributed by atoms with Crippen LogP contribution in [0.2, 0.25) is 0 Å². The predicted molar refractivity (Wildman–Crippen MR) is 65.1 cm³/mol. The van der Waals surface area contributed by atoms with Gasteiger partial charge in [0.25, 0.3) is 0 Å². The lowest BCUT2D eigenvalue weighted by atomic mass is 10.0. The highest BCUT2D eigenvalue weighted by molar-refractivity contribution is 8.00. The maximum Gasteiger partial charge on any atom is 0.0666 e. The van der Waals surface area contributed by atoms with Gasteiger partial charge in [0.2, 0.25) is 0 Å². The number of hydrogen-bond donors (Lipinski definition) is 2. The first-order valence-electron chi connectivity index (χ1n) is 5.69. The molecule has 3 N–H and O–H groups in total. The molecule has 1 rings (SSSR count). The van der Waals surface area contributed by atoms with E-state index in [1.807, 2.05) is 0 Å². The number of thioether (sulfide) groups is 1. The van der Waals surface area contributed by atoms with Gasteiger partial charge >= 0.3 is 0 Å². The fourth-order valence-electron chi connectivity index (χ4n) is 1.80. The summed E-state index contributed by atoms with van der Waals surface area (Å²) in [6, 6.07) is 0.0628. The fourth-order valence-corrected chi connectivity index (χ4v) is 3.36. The molecule has 0 saturated carbocycles. The highest BCUT2D eigenvalue weighted by atomic mass is 32.2. The smallest absolute Gasteiger partial charge is 0.0666 e. The van der Waals surface area contributed by atoms with Crippen molar-refractivity contribution in [1.82, 2.24) is 0 Å². The van der Waals surface area contributed by atoms with Crippen LogP contribution in [-0.4, -0.2) is 41.0 Å². The molecule has 0 radical (unpaired) electrons. The molecule has 1 aliphatic heterocycles. The monoisotopic (exact) mass is 233 g/mol. The molecule has 15 heavy (non-hydrogen) atoms. The molecule has 0 aromatic heterocycles. The SMILES string of the molecule is CC(C)C(N)C(CO)SC1CCOC1C. The Morgan fingerprint density at radius 3 is 2.60 bits per heavy atom. The van der Waals surface area contributed by atoms with Gasteiger partial charge in [0.15, 0.2) is 0 Å². The van der Waals surface area contributed by atoms with Crippen molar-refractivity contribution in [3.63, 3.8) is 0 Å². The number of aliphatic hydroxyl groups excluding tert-OH is 1. The summed E-state index contributed by atoms with van der Waals surface area (Å²) in [5.74, 6) is 0.410. The number of nitrogens with two attached hydrogens (primary N) is 1. The summed E-state index contributed by atoms with van der Waals surface area (Å²) < 4.78 is 5.51. The van der Waals surface area contributed by atoms with Gasteiger partial charge < -0.3 is 15.6 Å². The molecule has 4 atom stereocenters. The van der Waals surface area contributed by atoms with Gasteiger partial charge in [-0.05, 0) is 19.3 Å². The second-order valence-corrected chi connectivity index (χ2v) is 6.06. The van der Waals surface area contributed by atoms with Crippen molar-refractivity contribution in [2.24, 2.45) is 11.7 Å². The molecule has 1 heterocycles. The lowest BCUT2D eigenvalue weighted by Gasteiger charge is -2.28. The largest absolute Gasteiger partial charge is 0.395 e. The van der Waals surface area contributed by atoms with E-state index in [9.17, 15) is 5.11 Å². The second-order valence-electron chi connectivity index (χ2n) is 4.58. The Bertz CT molecular complexity index is 189. The molecule has 1 aliphatic rings. The van der Waals surface area contributed by atoms with Crippen molar-refractivity contribution in [3.05, 3.63) is 0 Å². The first kappa shape index (κ1) is 13.3. The summed E-state index contributed by atoms with van der Waals surface area (Å²) in [7, 11) is 0. The van der Waals surface area contributed by atoms with Crippen molar-refractivity contribution >= 4 is 11.8 Å². The zero-order valence-corrected chi connectivity index (χ0v) is 10.7. The van der Waals surface area contributed by atoms with E-state index < -0.39 is 0 Å². The molecule has 0 aromatic rings. The van der Waals surface area contributed by atoms with Gasteiger partial charge in [-0.3, -0.25) is 0 Å². The molecule has 0 aliphatic carbocycles. The summed E-state index contributed by atoms with van der Waals surface area (Å²) in [4.78, 5) is 0. The van der Waals surface area contributed by atoms with E-state index in [4.69, 9.17) is 10.5 Å². The van der Waals surface area contributed by atoms with Crippen LogP contribution in [0.3, 0.4) is 0 Å². The van der Waals surface area contributed by atoms with Gasteiger partial charge in [0, 0.05) is 23.1 Å². The van der Waals surface area contributed by atoms with E-state index >= 15 is 0 Å². The number of rotatable bonds is 5. The van der Waals surface area contributed by atoms with Crippen LogP contribution < -0.4 is 5.73 Å². The van der Waals surface area contributed by atoms with Crippen LogP contribution in [0.1, 0.15) is 27.2 Å². The highest BCUT2D eigenvalue weighted by Gasteiger charge is 2.30. The molecule has 0 aromatic carbocycles. The molecule has 1 saturated heterocycles. The first-order chi connectivity index (χ1) is 7.06. The highest BCUT2D eigenvalue weighted by Crippen LogP contribution is 2.31. The Morgan fingerprint density at radius 2 is 2.20 bits per heavy atom. The van der Waals surface area contributed by atoms with E-state index in [0.29, 0.717) is 17.3 Å². The summed E-state index contributed by atoms with van der Waals surface area (Å²) in [6.45, 7) is 7.30. The average Bonchev–Trinajstić information content (AvgIpc) is 2.59. The maximum absolute atomic E-state index is 9.35.